The quantitative estimate of drug-likeness (QED) is 0.584. The molecule has 2 aromatic carbocycles. The second-order valence-electron chi connectivity index (χ2n) is 6.94. The van der Waals surface area contributed by atoms with Gasteiger partial charge in [-0.1, -0.05) is 18.2 Å². The smallest absolute Gasteiger partial charge is 0.246 e. The summed E-state index contributed by atoms with van der Waals surface area (Å²) in [5.74, 6) is 0.195. The van der Waals surface area contributed by atoms with Crippen molar-refractivity contribution in [1.29, 1.82) is 10.7 Å². The van der Waals surface area contributed by atoms with Gasteiger partial charge in [-0.15, -0.1) is 11.3 Å². The summed E-state index contributed by atoms with van der Waals surface area (Å²) in [7, 11) is 1.55. The van der Waals surface area contributed by atoms with Gasteiger partial charge in [0.25, 0.3) is 0 Å². The fraction of sp³-hybridized carbons (Fsp3) is 0.273. The highest BCUT2D eigenvalue weighted by molar-refractivity contribution is 7.18. The van der Waals surface area contributed by atoms with Crippen molar-refractivity contribution in [3.05, 3.63) is 53.0 Å². The number of ether oxygens (including phenoxy) is 2. The number of carbonyl (C=O) groups excluding carboxylic acids is 1. The summed E-state index contributed by atoms with van der Waals surface area (Å²) in [6, 6.07) is 14.8. The number of hydrogen-bond acceptors (Lipinski definition) is 7. The summed E-state index contributed by atoms with van der Waals surface area (Å²) in [5.41, 5.74) is 4.24. The Bertz CT molecular complexity index is 1150. The number of para-hydroxylation sites is 1. The van der Waals surface area contributed by atoms with Crippen molar-refractivity contribution in [2.24, 2.45) is 0 Å². The predicted molar refractivity (Wildman–Crippen MR) is 117 cm³/mol. The number of amides is 1. The van der Waals surface area contributed by atoms with Gasteiger partial charge in [-0.2, -0.15) is 5.26 Å². The third-order valence-corrected chi connectivity index (χ3v) is 6.12. The molecule has 1 aliphatic rings. The zero-order valence-electron chi connectivity index (χ0n) is 17.1. The molecule has 8 nitrogen and oxygen atoms in total. The molecule has 158 valence electrons. The standard InChI is InChI=1S/C22H21N5O3S/c1-3-30-16-9-8-13(10-17(16)29-2)21(27-19(24)11-20(28)26-27)14(12-23)22-25-15-6-4-5-7-18(15)31-22/h4-10,14,21,24H,3,11H2,1-2H3,(H,26,28). The van der Waals surface area contributed by atoms with Gasteiger partial charge in [0.05, 0.1) is 42.5 Å². The van der Waals surface area contributed by atoms with E-state index < -0.39 is 12.0 Å². The van der Waals surface area contributed by atoms with Crippen molar-refractivity contribution in [2.45, 2.75) is 25.3 Å². The summed E-state index contributed by atoms with van der Waals surface area (Å²) >= 11 is 1.44. The van der Waals surface area contributed by atoms with Crippen LogP contribution in [0.15, 0.2) is 42.5 Å². The molecule has 1 aliphatic heterocycles. The summed E-state index contributed by atoms with van der Waals surface area (Å²) in [4.78, 5) is 16.7. The summed E-state index contributed by atoms with van der Waals surface area (Å²) in [6.45, 7) is 2.37. The Labute approximate surface area is 183 Å². The molecule has 0 spiro atoms. The second-order valence-corrected chi connectivity index (χ2v) is 8.01. The van der Waals surface area contributed by atoms with Crippen LogP contribution in [0.5, 0.6) is 11.5 Å². The van der Waals surface area contributed by atoms with Crippen LogP contribution in [0, 0.1) is 16.7 Å². The minimum atomic E-state index is -0.723. The fourth-order valence-electron chi connectivity index (χ4n) is 3.63. The first kappa shape index (κ1) is 20.6. The Hall–Kier alpha value is -3.64. The van der Waals surface area contributed by atoms with E-state index in [-0.39, 0.29) is 18.2 Å². The second kappa shape index (κ2) is 8.62. The number of aromatic nitrogens is 1. The predicted octanol–water partition coefficient (Wildman–Crippen LogP) is 3.77. The van der Waals surface area contributed by atoms with E-state index in [0.29, 0.717) is 28.7 Å². The molecule has 3 aromatic rings. The van der Waals surface area contributed by atoms with Crippen LogP contribution < -0.4 is 14.9 Å². The maximum absolute atomic E-state index is 12.0. The summed E-state index contributed by atoms with van der Waals surface area (Å²) < 4.78 is 12.1. The number of nitrogens with zero attached hydrogens (tertiary/aromatic N) is 3. The first-order chi connectivity index (χ1) is 15.0. The lowest BCUT2D eigenvalue weighted by atomic mass is 9.93. The Morgan fingerprint density at radius 1 is 1.32 bits per heavy atom. The van der Waals surface area contributed by atoms with Gasteiger partial charge in [-0.25, -0.2) is 4.98 Å². The number of carbonyl (C=O) groups is 1. The van der Waals surface area contributed by atoms with Gasteiger partial charge in [0.15, 0.2) is 11.5 Å². The summed E-state index contributed by atoms with van der Waals surface area (Å²) in [5, 5.41) is 20.6. The molecule has 0 radical (unpaired) electrons. The average molecular weight is 436 g/mol. The Kier molecular flexibility index (Phi) is 5.73. The van der Waals surface area contributed by atoms with Crippen molar-refractivity contribution in [1.82, 2.24) is 15.4 Å². The number of amidine groups is 1. The monoisotopic (exact) mass is 435 g/mol. The number of benzene rings is 2. The molecule has 0 bridgehead atoms. The van der Waals surface area contributed by atoms with Crippen LogP contribution in [0.1, 0.15) is 35.9 Å². The summed E-state index contributed by atoms with van der Waals surface area (Å²) in [6.07, 6.45) is -0.0390. The molecule has 4 rings (SSSR count). The molecule has 1 fully saturated rings. The Morgan fingerprint density at radius 3 is 2.77 bits per heavy atom. The van der Waals surface area contributed by atoms with Crippen molar-refractivity contribution in [3.8, 4) is 17.6 Å². The lowest BCUT2D eigenvalue weighted by molar-refractivity contribution is -0.121. The lowest BCUT2D eigenvalue weighted by Crippen LogP contribution is -2.41. The molecule has 1 saturated heterocycles. The van der Waals surface area contributed by atoms with E-state index in [1.807, 2.05) is 37.3 Å². The van der Waals surface area contributed by atoms with E-state index in [1.165, 1.54) is 16.3 Å². The molecule has 0 aliphatic carbocycles. The van der Waals surface area contributed by atoms with Gasteiger partial charge < -0.3 is 9.47 Å². The minimum absolute atomic E-state index is 0.0390. The van der Waals surface area contributed by atoms with Crippen molar-refractivity contribution in [2.75, 3.05) is 13.7 Å². The maximum Gasteiger partial charge on any atom is 0.246 e. The zero-order valence-corrected chi connectivity index (χ0v) is 17.9. The molecule has 1 amide bonds. The first-order valence-corrected chi connectivity index (χ1v) is 10.6. The zero-order chi connectivity index (χ0) is 22.0. The first-order valence-electron chi connectivity index (χ1n) is 9.77. The Balaban J connectivity index is 1.83. The lowest BCUT2D eigenvalue weighted by Gasteiger charge is -2.31. The van der Waals surface area contributed by atoms with Crippen LogP contribution in [-0.4, -0.2) is 35.5 Å². The van der Waals surface area contributed by atoms with Crippen LogP contribution in [0.3, 0.4) is 0 Å². The fourth-order valence-corrected chi connectivity index (χ4v) is 4.68. The van der Waals surface area contributed by atoms with Gasteiger partial charge in [0, 0.05) is 0 Å². The van der Waals surface area contributed by atoms with E-state index in [1.54, 1.807) is 19.2 Å². The number of nitrogens with one attached hydrogen (secondary N) is 2. The highest BCUT2D eigenvalue weighted by Crippen LogP contribution is 2.41. The molecular weight excluding hydrogens is 414 g/mol. The molecule has 2 unspecified atom stereocenters. The van der Waals surface area contributed by atoms with Crippen LogP contribution in [0.2, 0.25) is 0 Å². The van der Waals surface area contributed by atoms with Gasteiger partial charge in [-0.05, 0) is 36.8 Å². The molecule has 31 heavy (non-hydrogen) atoms. The normalized spacial score (nSPS) is 15.5. The highest BCUT2D eigenvalue weighted by Gasteiger charge is 2.39. The van der Waals surface area contributed by atoms with Gasteiger partial charge in [0.2, 0.25) is 5.91 Å². The van der Waals surface area contributed by atoms with Crippen molar-refractivity contribution in [3.63, 3.8) is 0 Å². The molecule has 2 heterocycles. The number of rotatable bonds is 7. The average Bonchev–Trinajstić information content (AvgIpc) is 3.34. The highest BCUT2D eigenvalue weighted by atomic mass is 32.1. The number of fused-ring (bicyclic) bond motifs is 1. The number of hydrogen-bond donors (Lipinski definition) is 2. The molecular formula is C22H21N5O3S. The third kappa shape index (κ3) is 3.90. The van der Waals surface area contributed by atoms with Crippen molar-refractivity contribution >= 4 is 33.3 Å². The van der Waals surface area contributed by atoms with E-state index in [2.05, 4.69) is 16.5 Å². The largest absolute Gasteiger partial charge is 0.493 e. The van der Waals surface area contributed by atoms with Crippen LogP contribution in [-0.2, 0) is 4.79 Å². The van der Waals surface area contributed by atoms with E-state index in [9.17, 15) is 10.1 Å². The number of methoxy groups -OCH3 is 1. The van der Waals surface area contributed by atoms with Crippen molar-refractivity contribution < 1.29 is 14.3 Å². The number of hydrazine groups is 1. The molecule has 2 atom stereocenters. The van der Waals surface area contributed by atoms with Crippen LogP contribution in [0.25, 0.3) is 10.2 Å². The van der Waals surface area contributed by atoms with E-state index in [4.69, 9.17) is 14.9 Å². The molecule has 2 N–H and O–H groups in total. The third-order valence-electron chi connectivity index (χ3n) is 5.00. The van der Waals surface area contributed by atoms with Gasteiger partial charge in [-0.3, -0.25) is 20.6 Å². The maximum atomic E-state index is 12.0. The molecule has 9 heteroatoms. The topological polar surface area (TPSA) is 111 Å². The minimum Gasteiger partial charge on any atom is -0.493 e. The number of thiazole rings is 1. The van der Waals surface area contributed by atoms with E-state index in [0.717, 1.165) is 10.2 Å². The van der Waals surface area contributed by atoms with Crippen LogP contribution >= 0.6 is 11.3 Å². The van der Waals surface area contributed by atoms with E-state index >= 15 is 0 Å². The molecule has 1 aromatic heterocycles. The van der Waals surface area contributed by atoms with Crippen LogP contribution in [0.4, 0.5) is 0 Å². The van der Waals surface area contributed by atoms with Gasteiger partial charge >= 0.3 is 0 Å². The Morgan fingerprint density at radius 2 is 2.13 bits per heavy atom. The van der Waals surface area contributed by atoms with Gasteiger partial charge in [0.1, 0.15) is 16.8 Å². The number of nitriles is 1. The molecule has 0 saturated carbocycles. The SMILES string of the molecule is CCOc1ccc(C(C(C#N)c2nc3ccccc3s2)N2NC(=O)CC2=N)cc1OC.